The maximum Gasteiger partial charge on any atom is 0.248 e. The van der Waals surface area contributed by atoms with E-state index in [1.54, 1.807) is 6.07 Å². The first-order chi connectivity index (χ1) is 15.5. The molecule has 1 unspecified atom stereocenters. The Balaban J connectivity index is 1.38. The van der Waals surface area contributed by atoms with Gasteiger partial charge in [0.25, 0.3) is 0 Å². The molecule has 32 heavy (non-hydrogen) atoms. The number of likely N-dealkylation sites (tertiary alicyclic amines) is 1. The van der Waals surface area contributed by atoms with Crippen LogP contribution in [0.4, 0.5) is 5.69 Å². The van der Waals surface area contributed by atoms with E-state index in [1.807, 2.05) is 12.1 Å². The minimum absolute atomic E-state index is 0.0855. The summed E-state index contributed by atoms with van der Waals surface area (Å²) < 4.78 is 0. The second-order valence-electron chi connectivity index (χ2n) is 10.1. The van der Waals surface area contributed by atoms with Crippen LogP contribution in [0, 0.1) is 11.3 Å². The van der Waals surface area contributed by atoms with Gasteiger partial charge in [-0.15, -0.1) is 0 Å². The lowest BCUT2D eigenvalue weighted by atomic mass is 9.71. The SMILES string of the molecule is NC(=O)c1cccc(CN2CCCC3(Cc4ccccc4N(C(=O)C4CCCC4)C3)C2)c1. The third-order valence-corrected chi connectivity index (χ3v) is 7.67. The van der Waals surface area contributed by atoms with Gasteiger partial charge >= 0.3 is 0 Å². The molecule has 0 bridgehead atoms. The lowest BCUT2D eigenvalue weighted by Gasteiger charge is -2.49. The molecule has 5 nitrogen and oxygen atoms in total. The van der Waals surface area contributed by atoms with E-state index in [0.29, 0.717) is 11.5 Å². The number of amides is 2. The van der Waals surface area contributed by atoms with Crippen molar-refractivity contribution in [3.8, 4) is 0 Å². The standard InChI is InChI=1S/C27H33N3O2/c28-25(31)22-11-5-7-20(15-22)17-29-14-6-13-27(18-29)16-23-10-3-4-12-24(23)30(19-27)26(32)21-8-1-2-9-21/h3-5,7,10-12,15,21H,1-2,6,8-9,13-14,16-19H2,(H2,28,31). The van der Waals surface area contributed by atoms with Crippen molar-refractivity contribution >= 4 is 17.5 Å². The molecule has 1 atom stereocenters. The van der Waals surface area contributed by atoms with Crippen LogP contribution >= 0.6 is 0 Å². The van der Waals surface area contributed by atoms with E-state index in [1.165, 1.54) is 18.4 Å². The van der Waals surface area contributed by atoms with Crippen molar-refractivity contribution in [3.63, 3.8) is 0 Å². The molecule has 5 heteroatoms. The second-order valence-corrected chi connectivity index (χ2v) is 10.1. The van der Waals surface area contributed by atoms with Gasteiger partial charge in [-0.3, -0.25) is 14.5 Å². The first-order valence-corrected chi connectivity index (χ1v) is 12.0. The molecule has 2 aromatic rings. The summed E-state index contributed by atoms with van der Waals surface area (Å²) in [5, 5.41) is 0. The second kappa shape index (κ2) is 8.70. The first-order valence-electron chi connectivity index (χ1n) is 12.0. The molecule has 168 valence electrons. The number of hydrogen-bond donors (Lipinski definition) is 1. The maximum atomic E-state index is 13.5. The third kappa shape index (κ3) is 4.18. The molecule has 0 radical (unpaired) electrons. The highest BCUT2D eigenvalue weighted by molar-refractivity contribution is 5.96. The molecule has 1 spiro atoms. The van der Waals surface area contributed by atoms with Crippen LogP contribution in [0.5, 0.6) is 0 Å². The minimum Gasteiger partial charge on any atom is -0.366 e. The van der Waals surface area contributed by atoms with Crippen LogP contribution in [0.15, 0.2) is 48.5 Å². The molecular formula is C27H33N3O2. The smallest absolute Gasteiger partial charge is 0.248 e. The molecule has 2 aromatic carbocycles. The van der Waals surface area contributed by atoms with E-state index in [2.05, 4.69) is 40.1 Å². The molecule has 3 aliphatic rings. The van der Waals surface area contributed by atoms with E-state index in [9.17, 15) is 9.59 Å². The summed E-state index contributed by atoms with van der Waals surface area (Å²) >= 11 is 0. The van der Waals surface area contributed by atoms with Crippen LogP contribution in [-0.4, -0.2) is 36.3 Å². The zero-order chi connectivity index (χ0) is 22.1. The topological polar surface area (TPSA) is 66.6 Å². The van der Waals surface area contributed by atoms with Gasteiger partial charge in [-0.2, -0.15) is 0 Å². The summed E-state index contributed by atoms with van der Waals surface area (Å²) in [5.74, 6) is 0.140. The Labute approximate surface area is 190 Å². The van der Waals surface area contributed by atoms with Gasteiger partial charge < -0.3 is 10.6 Å². The largest absolute Gasteiger partial charge is 0.366 e. The first kappa shape index (κ1) is 21.2. The summed E-state index contributed by atoms with van der Waals surface area (Å²) in [6, 6.07) is 16.2. The Morgan fingerprint density at radius 3 is 2.62 bits per heavy atom. The minimum atomic E-state index is -0.382. The van der Waals surface area contributed by atoms with Gasteiger partial charge in [0, 0.05) is 42.2 Å². The Morgan fingerprint density at radius 1 is 1.00 bits per heavy atom. The predicted molar refractivity (Wildman–Crippen MR) is 126 cm³/mol. The number of para-hydroxylation sites is 1. The molecule has 2 heterocycles. The van der Waals surface area contributed by atoms with Crippen molar-refractivity contribution in [1.82, 2.24) is 4.90 Å². The molecule has 2 fully saturated rings. The van der Waals surface area contributed by atoms with Gasteiger partial charge in [-0.05, 0) is 68.0 Å². The fourth-order valence-electron chi connectivity index (χ4n) is 6.19. The third-order valence-electron chi connectivity index (χ3n) is 7.67. The van der Waals surface area contributed by atoms with Crippen molar-refractivity contribution in [3.05, 3.63) is 65.2 Å². The van der Waals surface area contributed by atoms with Gasteiger partial charge in [-0.25, -0.2) is 0 Å². The fraction of sp³-hybridized carbons (Fsp3) is 0.481. The van der Waals surface area contributed by atoms with E-state index < -0.39 is 0 Å². The Hall–Kier alpha value is -2.66. The molecular weight excluding hydrogens is 398 g/mol. The zero-order valence-corrected chi connectivity index (χ0v) is 18.8. The quantitative estimate of drug-likeness (QED) is 0.791. The average Bonchev–Trinajstić information content (AvgIpc) is 3.33. The summed E-state index contributed by atoms with van der Waals surface area (Å²) in [5.41, 5.74) is 9.68. The van der Waals surface area contributed by atoms with E-state index in [0.717, 1.165) is 69.5 Å². The molecule has 1 saturated carbocycles. The molecule has 1 aliphatic carbocycles. The lowest BCUT2D eigenvalue weighted by Crippen LogP contribution is -2.55. The molecule has 2 amide bonds. The molecule has 1 saturated heterocycles. The average molecular weight is 432 g/mol. The van der Waals surface area contributed by atoms with Crippen LogP contribution in [-0.2, 0) is 17.8 Å². The highest BCUT2D eigenvalue weighted by Gasteiger charge is 2.43. The van der Waals surface area contributed by atoms with Gasteiger partial charge in [0.1, 0.15) is 0 Å². The summed E-state index contributed by atoms with van der Waals surface area (Å²) in [6.45, 7) is 3.63. The number of nitrogens with zero attached hydrogens (tertiary/aromatic N) is 2. The number of nitrogens with two attached hydrogens (primary N) is 1. The molecule has 5 rings (SSSR count). The Bertz CT molecular complexity index is 1010. The summed E-state index contributed by atoms with van der Waals surface area (Å²) in [6.07, 6.45) is 7.72. The monoisotopic (exact) mass is 431 g/mol. The molecule has 2 N–H and O–H groups in total. The van der Waals surface area contributed by atoms with Gasteiger partial charge in [-0.1, -0.05) is 43.2 Å². The fourth-order valence-corrected chi connectivity index (χ4v) is 6.19. The number of carbonyl (C=O) groups excluding carboxylic acids is 2. The van der Waals surface area contributed by atoms with E-state index >= 15 is 0 Å². The van der Waals surface area contributed by atoms with Crippen LogP contribution < -0.4 is 10.6 Å². The van der Waals surface area contributed by atoms with Crippen molar-refractivity contribution in [2.24, 2.45) is 17.1 Å². The van der Waals surface area contributed by atoms with E-state index in [4.69, 9.17) is 5.73 Å². The van der Waals surface area contributed by atoms with Crippen molar-refractivity contribution in [2.45, 2.75) is 51.5 Å². The van der Waals surface area contributed by atoms with Crippen LogP contribution in [0.2, 0.25) is 0 Å². The van der Waals surface area contributed by atoms with Crippen molar-refractivity contribution in [1.29, 1.82) is 0 Å². The number of piperidine rings is 1. The van der Waals surface area contributed by atoms with Crippen LogP contribution in [0.3, 0.4) is 0 Å². The van der Waals surface area contributed by atoms with Gasteiger partial charge in [0.15, 0.2) is 0 Å². The van der Waals surface area contributed by atoms with E-state index in [-0.39, 0.29) is 17.2 Å². The number of anilines is 1. The summed E-state index contributed by atoms with van der Waals surface area (Å²) in [4.78, 5) is 29.7. The van der Waals surface area contributed by atoms with Crippen LogP contribution in [0.25, 0.3) is 0 Å². The number of fused-ring (bicyclic) bond motifs is 1. The van der Waals surface area contributed by atoms with Gasteiger partial charge in [0.2, 0.25) is 11.8 Å². The summed E-state index contributed by atoms with van der Waals surface area (Å²) in [7, 11) is 0. The lowest BCUT2D eigenvalue weighted by molar-refractivity contribution is -0.123. The maximum absolute atomic E-state index is 13.5. The highest BCUT2D eigenvalue weighted by atomic mass is 16.2. The zero-order valence-electron chi connectivity index (χ0n) is 18.8. The number of hydrogen-bond acceptors (Lipinski definition) is 3. The van der Waals surface area contributed by atoms with Crippen LogP contribution in [0.1, 0.15) is 60.0 Å². The normalized spacial score (nSPS) is 23.9. The molecule has 0 aromatic heterocycles. The number of rotatable bonds is 4. The van der Waals surface area contributed by atoms with Gasteiger partial charge in [0.05, 0.1) is 0 Å². The predicted octanol–water partition coefficient (Wildman–Crippen LogP) is 4.15. The number of primary amides is 1. The van der Waals surface area contributed by atoms with Crippen molar-refractivity contribution < 1.29 is 9.59 Å². The molecule has 2 aliphatic heterocycles. The number of benzene rings is 2. The Morgan fingerprint density at radius 2 is 1.81 bits per heavy atom. The Kier molecular flexibility index (Phi) is 5.76. The number of carbonyl (C=O) groups is 2. The highest BCUT2D eigenvalue weighted by Crippen LogP contribution is 2.43. The van der Waals surface area contributed by atoms with Crippen molar-refractivity contribution in [2.75, 3.05) is 24.5 Å².